The van der Waals surface area contributed by atoms with Crippen molar-refractivity contribution in [3.05, 3.63) is 58.0 Å². The van der Waals surface area contributed by atoms with Gasteiger partial charge in [-0.05, 0) is 30.0 Å². The lowest BCUT2D eigenvalue weighted by Gasteiger charge is -2.36. The van der Waals surface area contributed by atoms with Crippen molar-refractivity contribution < 1.29 is 4.39 Å². The Kier molecular flexibility index (Phi) is 3.68. The number of guanidine groups is 1. The first-order valence-corrected chi connectivity index (χ1v) is 7.80. The molecular formula is C16H18FN3S. The van der Waals surface area contributed by atoms with Crippen LogP contribution in [0.15, 0.2) is 46.8 Å². The summed E-state index contributed by atoms with van der Waals surface area (Å²) in [5, 5.41) is 2.05. The van der Waals surface area contributed by atoms with Crippen molar-refractivity contribution in [1.29, 1.82) is 0 Å². The summed E-state index contributed by atoms with van der Waals surface area (Å²) < 4.78 is 13.9. The predicted molar refractivity (Wildman–Crippen MR) is 84.9 cm³/mol. The van der Waals surface area contributed by atoms with Crippen LogP contribution in [-0.4, -0.2) is 22.9 Å². The standard InChI is InChI=1S/C16H18FN3S/c1-16(9-12-5-2-3-7-14(12)17)11-19-15(18)20(16)10-13-6-4-8-21-13/h2-8H,9-11H2,1H3,(H2,18,19). The number of rotatable bonds is 4. The maximum atomic E-state index is 13.9. The van der Waals surface area contributed by atoms with Gasteiger partial charge in [0.25, 0.3) is 0 Å². The van der Waals surface area contributed by atoms with Crippen LogP contribution in [0.3, 0.4) is 0 Å². The summed E-state index contributed by atoms with van der Waals surface area (Å²) in [7, 11) is 0. The molecule has 3 rings (SSSR count). The van der Waals surface area contributed by atoms with Crippen molar-refractivity contribution in [2.24, 2.45) is 10.7 Å². The minimum absolute atomic E-state index is 0.166. The molecular weight excluding hydrogens is 285 g/mol. The van der Waals surface area contributed by atoms with Crippen LogP contribution in [0.5, 0.6) is 0 Å². The van der Waals surface area contributed by atoms with E-state index in [1.54, 1.807) is 17.4 Å². The van der Waals surface area contributed by atoms with Gasteiger partial charge in [-0.2, -0.15) is 0 Å². The summed E-state index contributed by atoms with van der Waals surface area (Å²) in [5.74, 6) is 0.377. The van der Waals surface area contributed by atoms with Crippen LogP contribution in [-0.2, 0) is 13.0 Å². The van der Waals surface area contributed by atoms with Crippen molar-refractivity contribution in [3.63, 3.8) is 0 Å². The topological polar surface area (TPSA) is 41.6 Å². The van der Waals surface area contributed by atoms with E-state index in [2.05, 4.69) is 22.9 Å². The molecule has 110 valence electrons. The smallest absolute Gasteiger partial charge is 0.192 e. The molecule has 1 atom stereocenters. The molecule has 1 unspecified atom stereocenters. The van der Waals surface area contributed by atoms with Crippen molar-refractivity contribution >= 4 is 17.3 Å². The van der Waals surface area contributed by atoms with Crippen LogP contribution >= 0.6 is 11.3 Å². The third-order valence-corrected chi connectivity index (χ3v) is 4.79. The molecule has 2 N–H and O–H groups in total. The lowest BCUT2D eigenvalue weighted by molar-refractivity contribution is 0.213. The number of thiophene rings is 1. The summed E-state index contributed by atoms with van der Waals surface area (Å²) in [6, 6.07) is 11.0. The fraction of sp³-hybridized carbons (Fsp3) is 0.312. The zero-order chi connectivity index (χ0) is 14.9. The second-order valence-electron chi connectivity index (χ2n) is 5.61. The molecule has 0 saturated heterocycles. The fourth-order valence-corrected chi connectivity index (χ4v) is 3.42. The Bertz CT molecular complexity index is 653. The molecule has 1 aromatic heterocycles. The van der Waals surface area contributed by atoms with E-state index in [-0.39, 0.29) is 11.4 Å². The number of benzene rings is 1. The van der Waals surface area contributed by atoms with Crippen LogP contribution in [0.25, 0.3) is 0 Å². The van der Waals surface area contributed by atoms with Gasteiger partial charge in [0.15, 0.2) is 5.96 Å². The van der Waals surface area contributed by atoms with Crippen molar-refractivity contribution in [2.75, 3.05) is 6.54 Å². The first-order chi connectivity index (χ1) is 10.1. The maximum absolute atomic E-state index is 13.9. The van der Waals surface area contributed by atoms with E-state index in [9.17, 15) is 4.39 Å². The molecule has 21 heavy (non-hydrogen) atoms. The molecule has 1 aromatic carbocycles. The van der Waals surface area contributed by atoms with Gasteiger partial charge in [-0.15, -0.1) is 11.3 Å². The zero-order valence-corrected chi connectivity index (χ0v) is 12.7. The van der Waals surface area contributed by atoms with Crippen LogP contribution in [0.4, 0.5) is 4.39 Å². The monoisotopic (exact) mass is 303 g/mol. The van der Waals surface area contributed by atoms with Gasteiger partial charge in [0.1, 0.15) is 5.82 Å². The number of hydrogen-bond donors (Lipinski definition) is 1. The van der Waals surface area contributed by atoms with Gasteiger partial charge < -0.3 is 10.6 Å². The first-order valence-electron chi connectivity index (χ1n) is 6.92. The van der Waals surface area contributed by atoms with E-state index < -0.39 is 0 Å². The summed E-state index contributed by atoms with van der Waals surface area (Å²) in [6.45, 7) is 3.41. The highest BCUT2D eigenvalue weighted by molar-refractivity contribution is 7.09. The van der Waals surface area contributed by atoms with E-state index in [0.29, 0.717) is 24.5 Å². The van der Waals surface area contributed by atoms with E-state index in [1.807, 2.05) is 23.6 Å². The van der Waals surface area contributed by atoms with Gasteiger partial charge in [0.05, 0.1) is 18.6 Å². The van der Waals surface area contributed by atoms with Crippen LogP contribution in [0.1, 0.15) is 17.4 Å². The van der Waals surface area contributed by atoms with Gasteiger partial charge >= 0.3 is 0 Å². The SMILES string of the molecule is CC1(Cc2ccccc2F)CN=C(N)N1Cc1cccs1. The molecule has 5 heteroatoms. The molecule has 0 bridgehead atoms. The van der Waals surface area contributed by atoms with Gasteiger partial charge in [0.2, 0.25) is 0 Å². The van der Waals surface area contributed by atoms with Crippen molar-refractivity contribution in [1.82, 2.24) is 4.90 Å². The van der Waals surface area contributed by atoms with E-state index >= 15 is 0 Å². The van der Waals surface area contributed by atoms with Gasteiger partial charge in [-0.25, -0.2) is 4.39 Å². The summed E-state index contributed by atoms with van der Waals surface area (Å²) in [4.78, 5) is 7.70. The molecule has 0 aliphatic carbocycles. The minimum atomic E-state index is -0.281. The highest BCUT2D eigenvalue weighted by atomic mass is 32.1. The number of nitrogens with two attached hydrogens (primary N) is 1. The lowest BCUT2D eigenvalue weighted by atomic mass is 9.91. The second-order valence-corrected chi connectivity index (χ2v) is 6.64. The summed E-state index contributed by atoms with van der Waals surface area (Å²) in [6.07, 6.45) is 0.593. The molecule has 0 saturated carbocycles. The van der Waals surface area contributed by atoms with Crippen molar-refractivity contribution in [2.45, 2.75) is 25.4 Å². The fourth-order valence-electron chi connectivity index (χ4n) is 2.73. The lowest BCUT2D eigenvalue weighted by Crippen LogP contribution is -2.50. The maximum Gasteiger partial charge on any atom is 0.192 e. The van der Waals surface area contributed by atoms with Crippen LogP contribution in [0, 0.1) is 5.82 Å². The third kappa shape index (κ3) is 2.78. The summed E-state index contributed by atoms with van der Waals surface area (Å²) >= 11 is 1.70. The van der Waals surface area contributed by atoms with Gasteiger partial charge in [-0.1, -0.05) is 24.3 Å². The van der Waals surface area contributed by atoms with Crippen molar-refractivity contribution in [3.8, 4) is 0 Å². The van der Waals surface area contributed by atoms with E-state index in [1.165, 1.54) is 10.9 Å². The molecule has 1 aliphatic heterocycles. The number of nitrogens with zero attached hydrogens (tertiary/aromatic N) is 2. The molecule has 1 aliphatic rings. The highest BCUT2D eigenvalue weighted by Crippen LogP contribution is 2.29. The molecule has 0 amide bonds. The van der Waals surface area contributed by atoms with Gasteiger partial charge in [0, 0.05) is 11.3 Å². The largest absolute Gasteiger partial charge is 0.370 e. The Morgan fingerprint density at radius 3 is 2.86 bits per heavy atom. The molecule has 0 fully saturated rings. The molecule has 3 nitrogen and oxygen atoms in total. The number of aliphatic imine (C=N–C) groups is 1. The first kappa shape index (κ1) is 14.1. The highest BCUT2D eigenvalue weighted by Gasteiger charge is 2.38. The average molecular weight is 303 g/mol. The average Bonchev–Trinajstić information content (AvgIpc) is 3.06. The van der Waals surface area contributed by atoms with E-state index in [4.69, 9.17) is 5.73 Å². The molecule has 2 heterocycles. The zero-order valence-electron chi connectivity index (χ0n) is 11.9. The second kappa shape index (κ2) is 5.48. The Labute approximate surface area is 127 Å². The normalized spacial score (nSPS) is 21.6. The van der Waals surface area contributed by atoms with Crippen LogP contribution in [0.2, 0.25) is 0 Å². The van der Waals surface area contributed by atoms with Gasteiger partial charge in [-0.3, -0.25) is 4.99 Å². The number of halogens is 1. The Morgan fingerprint density at radius 1 is 1.33 bits per heavy atom. The Balaban J connectivity index is 1.83. The summed E-state index contributed by atoms with van der Waals surface area (Å²) in [5.41, 5.74) is 6.48. The Hall–Kier alpha value is -1.88. The Morgan fingerprint density at radius 2 is 2.14 bits per heavy atom. The van der Waals surface area contributed by atoms with E-state index in [0.717, 1.165) is 6.54 Å². The molecule has 0 radical (unpaired) electrons. The molecule has 2 aromatic rings. The molecule has 0 spiro atoms. The number of hydrogen-bond acceptors (Lipinski definition) is 4. The third-order valence-electron chi connectivity index (χ3n) is 3.93. The predicted octanol–water partition coefficient (Wildman–Crippen LogP) is 3.02. The minimum Gasteiger partial charge on any atom is -0.370 e. The van der Waals surface area contributed by atoms with Crippen LogP contribution < -0.4 is 5.73 Å². The quantitative estimate of drug-likeness (QED) is 0.943.